The van der Waals surface area contributed by atoms with Gasteiger partial charge in [0, 0.05) is 0 Å². The minimum absolute atomic E-state index is 0.152. The van der Waals surface area contributed by atoms with Crippen LogP contribution >= 0.6 is 12.0 Å². The third-order valence-corrected chi connectivity index (χ3v) is 2.72. The molecule has 0 amide bonds. The van der Waals surface area contributed by atoms with Gasteiger partial charge in [0.2, 0.25) is 40.8 Å². The molecule has 0 saturated carbocycles. The second kappa shape index (κ2) is 5.61. The molecule has 0 aliphatic rings. The molecule has 0 fully saturated rings. The molecule has 0 aliphatic heterocycles. The van der Waals surface area contributed by atoms with Gasteiger partial charge in [0.15, 0.2) is 0 Å². The molecule has 2 rings (SSSR count). The van der Waals surface area contributed by atoms with Gasteiger partial charge in [-0.05, 0) is 12.1 Å². The zero-order chi connectivity index (χ0) is 14.9. The molecule has 0 aliphatic carbocycles. The molecule has 0 saturated heterocycles. The maximum atomic E-state index is 13.2. The normalized spacial score (nSPS) is 10.7. The Bertz CT molecular complexity index is 637. The van der Waals surface area contributed by atoms with Crippen molar-refractivity contribution in [1.29, 1.82) is 0 Å². The van der Waals surface area contributed by atoms with Gasteiger partial charge in [0.05, 0.1) is 0 Å². The summed E-state index contributed by atoms with van der Waals surface area (Å²) in [7, 11) is 0. The summed E-state index contributed by atoms with van der Waals surface area (Å²) in [5.41, 5.74) is 0. The zero-order valence-corrected chi connectivity index (χ0v) is 10.1. The van der Waals surface area contributed by atoms with Crippen molar-refractivity contribution in [2.45, 2.75) is 5.03 Å². The summed E-state index contributed by atoms with van der Waals surface area (Å²) in [6, 6.07) is 3.45. The molecule has 1 heterocycles. The lowest BCUT2D eigenvalue weighted by Gasteiger charge is -2.08. The molecule has 0 N–H and O–H groups in total. The van der Waals surface area contributed by atoms with Gasteiger partial charge in [-0.25, -0.2) is 18.2 Å². The van der Waals surface area contributed by atoms with E-state index in [1.54, 1.807) is 0 Å². The van der Waals surface area contributed by atoms with Crippen LogP contribution in [0.25, 0.3) is 0 Å². The van der Waals surface area contributed by atoms with E-state index in [-0.39, 0.29) is 17.1 Å². The average Bonchev–Trinajstić information content (AvgIpc) is 2.43. The third-order valence-electron chi connectivity index (χ3n) is 2.07. The summed E-state index contributed by atoms with van der Waals surface area (Å²) in [6.45, 7) is 0. The molecule has 2 aromatic rings. The smallest absolute Gasteiger partial charge is 0.215 e. The Balaban J connectivity index is 2.30. The molecule has 9 heteroatoms. The first-order chi connectivity index (χ1) is 9.41. The van der Waals surface area contributed by atoms with E-state index in [1.165, 1.54) is 12.1 Å². The maximum absolute atomic E-state index is 13.2. The van der Waals surface area contributed by atoms with E-state index in [2.05, 4.69) is 9.17 Å². The Kier molecular flexibility index (Phi) is 4.07. The van der Waals surface area contributed by atoms with Crippen molar-refractivity contribution in [3.8, 4) is 5.75 Å². The van der Waals surface area contributed by atoms with E-state index < -0.39 is 40.8 Å². The lowest BCUT2D eigenvalue weighted by atomic mass is 10.3. The van der Waals surface area contributed by atoms with E-state index in [0.29, 0.717) is 0 Å². The SMILES string of the molecule is Fc1cccc(SOc2c(F)c(F)c(F)c(F)c2F)n1. The van der Waals surface area contributed by atoms with Crippen LogP contribution in [-0.4, -0.2) is 4.98 Å². The molecule has 0 atom stereocenters. The standard InChI is InChI=1S/C11H3F6NOS/c12-4-2-1-3-5(18-4)20-19-11-9(16)7(14)6(13)8(15)10(11)17/h1-3H. The van der Waals surface area contributed by atoms with E-state index in [0.717, 1.165) is 6.07 Å². The van der Waals surface area contributed by atoms with E-state index in [1.807, 2.05) is 0 Å². The van der Waals surface area contributed by atoms with E-state index in [9.17, 15) is 26.3 Å². The highest BCUT2D eigenvalue weighted by atomic mass is 32.2. The van der Waals surface area contributed by atoms with Gasteiger partial charge >= 0.3 is 0 Å². The van der Waals surface area contributed by atoms with Crippen LogP contribution in [0.1, 0.15) is 0 Å². The van der Waals surface area contributed by atoms with E-state index >= 15 is 0 Å². The van der Waals surface area contributed by atoms with Crippen LogP contribution in [0.3, 0.4) is 0 Å². The maximum Gasteiger partial charge on any atom is 0.215 e. The van der Waals surface area contributed by atoms with Crippen molar-refractivity contribution in [2.24, 2.45) is 0 Å². The van der Waals surface area contributed by atoms with E-state index in [4.69, 9.17) is 0 Å². The number of nitrogens with zero attached hydrogens (tertiary/aromatic N) is 1. The largest absolute Gasteiger partial charge is 0.413 e. The van der Waals surface area contributed by atoms with Crippen LogP contribution in [0.5, 0.6) is 5.75 Å². The lowest BCUT2D eigenvalue weighted by molar-refractivity contribution is 0.355. The van der Waals surface area contributed by atoms with Crippen molar-refractivity contribution >= 4 is 12.0 Å². The highest BCUT2D eigenvalue weighted by Gasteiger charge is 2.27. The van der Waals surface area contributed by atoms with Gasteiger partial charge in [-0.3, -0.25) is 0 Å². The topological polar surface area (TPSA) is 22.1 Å². The van der Waals surface area contributed by atoms with Crippen LogP contribution in [0.4, 0.5) is 26.3 Å². The van der Waals surface area contributed by atoms with Gasteiger partial charge in [-0.2, -0.15) is 13.2 Å². The van der Waals surface area contributed by atoms with Crippen LogP contribution in [0.15, 0.2) is 23.2 Å². The highest BCUT2D eigenvalue weighted by molar-refractivity contribution is 7.95. The number of pyridine rings is 1. The quantitative estimate of drug-likeness (QED) is 0.281. The summed E-state index contributed by atoms with van der Waals surface area (Å²) < 4.78 is 82.1. The molecule has 0 unspecified atom stereocenters. The molecule has 1 aromatic carbocycles. The van der Waals surface area contributed by atoms with Gasteiger partial charge in [0.1, 0.15) is 17.1 Å². The summed E-state index contributed by atoms with van der Waals surface area (Å²) in [4.78, 5) is 3.27. The number of rotatable bonds is 3. The molecule has 2 nitrogen and oxygen atoms in total. The number of hydrogen-bond acceptors (Lipinski definition) is 3. The zero-order valence-electron chi connectivity index (χ0n) is 9.26. The predicted octanol–water partition coefficient (Wildman–Crippen LogP) is 4.00. The molecular formula is C11H3F6NOS. The highest BCUT2D eigenvalue weighted by Crippen LogP contribution is 2.32. The monoisotopic (exact) mass is 311 g/mol. The molecule has 20 heavy (non-hydrogen) atoms. The third kappa shape index (κ3) is 2.67. The van der Waals surface area contributed by atoms with Gasteiger partial charge in [-0.1, -0.05) is 6.07 Å². The molecule has 0 spiro atoms. The Hall–Kier alpha value is -1.90. The Labute approximate surface area is 112 Å². The second-order valence-electron chi connectivity index (χ2n) is 3.36. The van der Waals surface area contributed by atoms with Crippen molar-refractivity contribution in [3.05, 3.63) is 53.2 Å². The van der Waals surface area contributed by atoms with Crippen LogP contribution < -0.4 is 4.18 Å². The average molecular weight is 311 g/mol. The van der Waals surface area contributed by atoms with Gasteiger partial charge in [-0.15, -0.1) is 0 Å². The summed E-state index contributed by atoms with van der Waals surface area (Å²) in [5, 5.41) is -0.158. The summed E-state index contributed by atoms with van der Waals surface area (Å²) >= 11 is 0.152. The Morgan fingerprint density at radius 1 is 0.800 bits per heavy atom. The predicted molar refractivity (Wildman–Crippen MR) is 56.9 cm³/mol. The van der Waals surface area contributed by atoms with Crippen LogP contribution in [0, 0.1) is 35.0 Å². The fraction of sp³-hybridized carbons (Fsp3) is 0. The molecule has 0 bridgehead atoms. The van der Waals surface area contributed by atoms with Crippen molar-refractivity contribution < 1.29 is 30.5 Å². The molecule has 106 valence electrons. The minimum Gasteiger partial charge on any atom is -0.413 e. The fourth-order valence-corrected chi connectivity index (χ4v) is 1.75. The van der Waals surface area contributed by atoms with Crippen LogP contribution in [0.2, 0.25) is 0 Å². The van der Waals surface area contributed by atoms with Crippen molar-refractivity contribution in [2.75, 3.05) is 0 Å². The Morgan fingerprint density at radius 2 is 1.35 bits per heavy atom. The van der Waals surface area contributed by atoms with Crippen molar-refractivity contribution in [1.82, 2.24) is 4.98 Å². The lowest BCUT2D eigenvalue weighted by Crippen LogP contribution is -2.03. The van der Waals surface area contributed by atoms with Crippen LogP contribution in [-0.2, 0) is 0 Å². The fourth-order valence-electron chi connectivity index (χ4n) is 1.18. The number of halogens is 6. The number of benzene rings is 1. The number of hydrogen-bond donors (Lipinski definition) is 0. The van der Waals surface area contributed by atoms with Gasteiger partial charge < -0.3 is 4.18 Å². The van der Waals surface area contributed by atoms with Gasteiger partial charge in [0.25, 0.3) is 0 Å². The second-order valence-corrected chi connectivity index (χ2v) is 4.12. The first kappa shape index (κ1) is 14.5. The minimum atomic E-state index is -2.29. The molecule has 1 aromatic heterocycles. The molecular weight excluding hydrogens is 308 g/mol. The first-order valence-corrected chi connectivity index (χ1v) is 5.64. The first-order valence-electron chi connectivity index (χ1n) is 4.90. The molecule has 0 radical (unpaired) electrons. The summed E-state index contributed by atoms with van der Waals surface area (Å²) in [5.74, 6) is -13.2. The summed E-state index contributed by atoms with van der Waals surface area (Å²) in [6.07, 6.45) is 0. The Morgan fingerprint density at radius 3 is 1.90 bits per heavy atom. The van der Waals surface area contributed by atoms with Crippen molar-refractivity contribution in [3.63, 3.8) is 0 Å². The number of aromatic nitrogens is 1.